The minimum atomic E-state index is -0.208. The van der Waals surface area contributed by atoms with Crippen molar-refractivity contribution in [1.82, 2.24) is 10.2 Å². The number of amides is 2. The summed E-state index contributed by atoms with van der Waals surface area (Å²) >= 11 is 8.29. The van der Waals surface area contributed by atoms with Crippen LogP contribution in [0.25, 0.3) is 0 Å². The Balaban J connectivity index is 1.68. The van der Waals surface area contributed by atoms with Gasteiger partial charge in [-0.3, -0.25) is 14.9 Å². The molecule has 116 valence electrons. The van der Waals surface area contributed by atoms with Gasteiger partial charge in [-0.1, -0.05) is 22.9 Å². The van der Waals surface area contributed by atoms with E-state index >= 15 is 0 Å². The van der Waals surface area contributed by atoms with Crippen molar-refractivity contribution in [3.8, 4) is 0 Å². The molecular formula is C13H13ClN4O2S2. The summed E-state index contributed by atoms with van der Waals surface area (Å²) in [6, 6.07) is 6.83. The Bertz CT molecular complexity index is 660. The van der Waals surface area contributed by atoms with Gasteiger partial charge in [0.25, 0.3) is 0 Å². The van der Waals surface area contributed by atoms with E-state index in [-0.39, 0.29) is 23.3 Å². The Labute approximate surface area is 140 Å². The van der Waals surface area contributed by atoms with E-state index in [1.54, 1.807) is 24.3 Å². The Morgan fingerprint density at radius 1 is 1.14 bits per heavy atom. The lowest BCUT2D eigenvalue weighted by Crippen LogP contribution is -2.18. The second kappa shape index (κ2) is 8.11. The first-order valence-electron chi connectivity index (χ1n) is 6.26. The molecule has 0 fully saturated rings. The first-order valence-corrected chi connectivity index (χ1v) is 8.61. The molecule has 0 saturated carbocycles. The van der Waals surface area contributed by atoms with Crippen LogP contribution in [0.1, 0.15) is 5.01 Å². The van der Waals surface area contributed by atoms with Crippen LogP contribution in [0.15, 0.2) is 24.3 Å². The maximum absolute atomic E-state index is 11.7. The van der Waals surface area contributed by atoms with Crippen molar-refractivity contribution in [2.45, 2.75) is 6.92 Å². The smallest absolute Gasteiger partial charge is 0.236 e. The van der Waals surface area contributed by atoms with Crippen molar-refractivity contribution in [3.05, 3.63) is 34.3 Å². The van der Waals surface area contributed by atoms with Gasteiger partial charge in [0.15, 0.2) is 0 Å². The van der Waals surface area contributed by atoms with E-state index in [1.165, 1.54) is 23.1 Å². The number of thioether (sulfide) groups is 1. The molecule has 0 spiro atoms. The van der Waals surface area contributed by atoms with Gasteiger partial charge < -0.3 is 5.32 Å². The lowest BCUT2D eigenvalue weighted by atomic mass is 10.3. The van der Waals surface area contributed by atoms with Crippen LogP contribution in [0, 0.1) is 6.92 Å². The Kier molecular flexibility index (Phi) is 6.17. The van der Waals surface area contributed by atoms with Crippen LogP contribution in [-0.2, 0) is 9.59 Å². The van der Waals surface area contributed by atoms with Gasteiger partial charge in [-0.2, -0.15) is 0 Å². The summed E-state index contributed by atoms with van der Waals surface area (Å²) < 4.78 is 0. The normalized spacial score (nSPS) is 10.3. The molecule has 6 nitrogen and oxygen atoms in total. The number of hydrogen-bond donors (Lipinski definition) is 2. The van der Waals surface area contributed by atoms with E-state index in [0.717, 1.165) is 5.01 Å². The number of nitrogens with one attached hydrogen (secondary N) is 2. The van der Waals surface area contributed by atoms with Gasteiger partial charge in [0, 0.05) is 10.7 Å². The number of aromatic nitrogens is 2. The van der Waals surface area contributed by atoms with E-state index in [9.17, 15) is 9.59 Å². The van der Waals surface area contributed by atoms with Crippen LogP contribution in [0.3, 0.4) is 0 Å². The summed E-state index contributed by atoms with van der Waals surface area (Å²) in [4.78, 5) is 23.4. The van der Waals surface area contributed by atoms with Crippen LogP contribution in [0.2, 0.25) is 5.02 Å². The lowest BCUT2D eigenvalue weighted by molar-refractivity contribution is -0.114. The third kappa shape index (κ3) is 5.63. The third-order valence-corrected chi connectivity index (χ3v) is 4.31. The molecule has 2 rings (SSSR count). The highest BCUT2D eigenvalue weighted by Crippen LogP contribution is 2.15. The van der Waals surface area contributed by atoms with E-state index < -0.39 is 0 Å². The van der Waals surface area contributed by atoms with Gasteiger partial charge in [-0.25, -0.2) is 0 Å². The number of aryl methyl sites for hydroxylation is 1. The van der Waals surface area contributed by atoms with E-state index in [2.05, 4.69) is 20.8 Å². The molecule has 1 aromatic carbocycles. The lowest BCUT2D eigenvalue weighted by Gasteiger charge is -2.05. The van der Waals surface area contributed by atoms with Crippen molar-refractivity contribution >= 4 is 57.3 Å². The molecule has 2 amide bonds. The first kappa shape index (κ1) is 16.7. The molecule has 22 heavy (non-hydrogen) atoms. The van der Waals surface area contributed by atoms with Gasteiger partial charge in [-0.15, -0.1) is 22.0 Å². The standard InChI is InChI=1S/C13H13ClN4O2S2/c1-8-17-18-13(22-8)16-12(20)7-21-6-11(19)15-10-4-2-9(14)3-5-10/h2-5H,6-7H2,1H3,(H,15,19)(H,16,18,20). The second-order valence-electron chi connectivity index (χ2n) is 4.22. The number of halogens is 1. The van der Waals surface area contributed by atoms with Crippen LogP contribution in [0.4, 0.5) is 10.8 Å². The summed E-state index contributed by atoms with van der Waals surface area (Å²) in [5.74, 6) is -0.0231. The van der Waals surface area contributed by atoms with Crippen LogP contribution in [-0.4, -0.2) is 33.5 Å². The van der Waals surface area contributed by atoms with Gasteiger partial charge in [-0.05, 0) is 31.2 Å². The molecule has 0 aliphatic carbocycles. The zero-order valence-electron chi connectivity index (χ0n) is 11.6. The molecular weight excluding hydrogens is 344 g/mol. The number of hydrogen-bond acceptors (Lipinski definition) is 6. The van der Waals surface area contributed by atoms with Gasteiger partial charge in [0.2, 0.25) is 16.9 Å². The molecule has 9 heteroatoms. The molecule has 0 saturated heterocycles. The van der Waals surface area contributed by atoms with Gasteiger partial charge >= 0.3 is 0 Å². The zero-order valence-corrected chi connectivity index (χ0v) is 14.0. The summed E-state index contributed by atoms with van der Waals surface area (Å²) in [6.45, 7) is 1.81. The number of rotatable bonds is 6. The largest absolute Gasteiger partial charge is 0.325 e. The average Bonchev–Trinajstić information content (AvgIpc) is 2.86. The summed E-state index contributed by atoms with van der Waals surface area (Å²) in [7, 11) is 0. The topological polar surface area (TPSA) is 84.0 Å². The average molecular weight is 357 g/mol. The molecule has 0 aliphatic rings. The molecule has 0 aliphatic heterocycles. The fourth-order valence-corrected chi connectivity index (χ4v) is 2.82. The van der Waals surface area contributed by atoms with E-state index in [1.807, 2.05) is 6.92 Å². The van der Waals surface area contributed by atoms with Crippen molar-refractivity contribution in [2.24, 2.45) is 0 Å². The van der Waals surface area contributed by atoms with Crippen LogP contribution in [0.5, 0.6) is 0 Å². The van der Waals surface area contributed by atoms with Crippen molar-refractivity contribution in [3.63, 3.8) is 0 Å². The fourth-order valence-electron chi connectivity index (χ4n) is 1.47. The quantitative estimate of drug-likeness (QED) is 0.831. The molecule has 0 unspecified atom stereocenters. The van der Waals surface area contributed by atoms with E-state index in [0.29, 0.717) is 15.8 Å². The monoisotopic (exact) mass is 356 g/mol. The van der Waals surface area contributed by atoms with Crippen LogP contribution >= 0.6 is 34.7 Å². The molecule has 0 radical (unpaired) electrons. The molecule has 2 N–H and O–H groups in total. The predicted molar refractivity (Wildman–Crippen MR) is 90.7 cm³/mol. The maximum atomic E-state index is 11.7. The summed E-state index contributed by atoms with van der Waals surface area (Å²) in [5.41, 5.74) is 0.670. The summed E-state index contributed by atoms with van der Waals surface area (Å²) in [6.07, 6.45) is 0. The maximum Gasteiger partial charge on any atom is 0.236 e. The van der Waals surface area contributed by atoms with Gasteiger partial charge in [0.1, 0.15) is 5.01 Å². The number of benzene rings is 1. The SMILES string of the molecule is Cc1nnc(NC(=O)CSCC(=O)Nc2ccc(Cl)cc2)s1. The molecule has 0 bridgehead atoms. The highest BCUT2D eigenvalue weighted by Gasteiger charge is 2.08. The van der Waals surface area contributed by atoms with Crippen molar-refractivity contribution in [2.75, 3.05) is 22.1 Å². The Morgan fingerprint density at radius 2 is 1.77 bits per heavy atom. The minimum Gasteiger partial charge on any atom is -0.325 e. The third-order valence-electron chi connectivity index (χ3n) is 2.37. The molecule has 0 atom stereocenters. The predicted octanol–water partition coefficient (Wildman–Crippen LogP) is 2.81. The first-order chi connectivity index (χ1) is 10.5. The number of carbonyl (C=O) groups is 2. The Morgan fingerprint density at radius 3 is 2.36 bits per heavy atom. The van der Waals surface area contributed by atoms with Gasteiger partial charge in [0.05, 0.1) is 11.5 Å². The summed E-state index contributed by atoms with van der Waals surface area (Å²) in [5, 5.41) is 14.8. The van der Waals surface area contributed by atoms with Crippen LogP contribution < -0.4 is 10.6 Å². The molecule has 2 aromatic rings. The van der Waals surface area contributed by atoms with Crippen molar-refractivity contribution in [1.29, 1.82) is 0 Å². The number of nitrogens with zero attached hydrogens (tertiary/aromatic N) is 2. The highest BCUT2D eigenvalue weighted by atomic mass is 35.5. The highest BCUT2D eigenvalue weighted by molar-refractivity contribution is 8.00. The molecule has 1 heterocycles. The minimum absolute atomic E-state index is 0.173. The fraction of sp³-hybridized carbons (Fsp3) is 0.231. The van der Waals surface area contributed by atoms with E-state index in [4.69, 9.17) is 11.6 Å². The number of carbonyl (C=O) groups excluding carboxylic acids is 2. The van der Waals surface area contributed by atoms with Crippen molar-refractivity contribution < 1.29 is 9.59 Å². The second-order valence-corrected chi connectivity index (χ2v) is 6.83. The number of anilines is 2. The zero-order chi connectivity index (χ0) is 15.9. The molecule has 1 aromatic heterocycles. The Hall–Kier alpha value is -1.64.